The molecular formula is C33H52N5O10S-. The van der Waals surface area contributed by atoms with E-state index in [4.69, 9.17) is 4.74 Å². The minimum Gasteiger partial charge on any atom is -0.750 e. The fourth-order valence-electron chi connectivity index (χ4n) is 5.25. The molecule has 5 atom stereocenters. The van der Waals surface area contributed by atoms with Crippen molar-refractivity contribution in [2.24, 2.45) is 11.8 Å². The lowest BCUT2D eigenvalue weighted by atomic mass is 9.90. The lowest BCUT2D eigenvalue weighted by Crippen LogP contribution is -2.57. The van der Waals surface area contributed by atoms with Crippen molar-refractivity contribution >= 4 is 40.8 Å². The number of Topliss-reactive ketones (excluding diaryl/α,β-unsaturated/α-hetero) is 1. The van der Waals surface area contributed by atoms with Crippen LogP contribution in [-0.2, 0) is 50.7 Å². The summed E-state index contributed by atoms with van der Waals surface area (Å²) in [5, 5.41) is 21.1. The summed E-state index contributed by atoms with van der Waals surface area (Å²) in [5.74, 6) is -3.20. The molecule has 0 spiro atoms. The molecule has 15 nitrogen and oxygen atoms in total. The van der Waals surface area contributed by atoms with Gasteiger partial charge in [0.1, 0.15) is 17.7 Å². The van der Waals surface area contributed by atoms with Crippen LogP contribution in [0.3, 0.4) is 0 Å². The van der Waals surface area contributed by atoms with Gasteiger partial charge in [-0.2, -0.15) is 0 Å². The topological polar surface area (TPSA) is 216 Å². The summed E-state index contributed by atoms with van der Waals surface area (Å²) in [7, 11) is 0. The van der Waals surface area contributed by atoms with Gasteiger partial charge in [0.25, 0.3) is 0 Å². The van der Waals surface area contributed by atoms with Crippen LogP contribution in [0.2, 0.25) is 0 Å². The highest BCUT2D eigenvalue weighted by molar-refractivity contribution is 7.74. The van der Waals surface area contributed by atoms with E-state index in [1.807, 2.05) is 49.1 Å². The largest absolute Gasteiger partial charge is 0.750 e. The first-order chi connectivity index (χ1) is 23.1. The predicted molar refractivity (Wildman–Crippen MR) is 180 cm³/mol. The lowest BCUT2D eigenvalue weighted by Gasteiger charge is -2.29. The first-order valence-corrected chi connectivity index (χ1v) is 17.6. The molecule has 0 saturated carbocycles. The maximum atomic E-state index is 13.6. The Balaban J connectivity index is 2.09. The highest BCUT2D eigenvalue weighted by Gasteiger charge is 2.38. The van der Waals surface area contributed by atoms with Crippen LogP contribution in [0.15, 0.2) is 30.3 Å². The molecule has 0 aromatic heterocycles. The Hall–Kier alpha value is -3.28. The Labute approximate surface area is 291 Å². The van der Waals surface area contributed by atoms with Crippen LogP contribution in [0.5, 0.6) is 0 Å². The number of ketones is 1. The van der Waals surface area contributed by atoms with E-state index < -0.39 is 71.7 Å². The monoisotopic (exact) mass is 710 g/mol. The smallest absolute Gasteiger partial charge is 0.243 e. The van der Waals surface area contributed by atoms with E-state index >= 15 is 0 Å². The van der Waals surface area contributed by atoms with Crippen LogP contribution in [0.4, 0.5) is 0 Å². The number of ether oxygens (including phenoxy) is 1. The van der Waals surface area contributed by atoms with E-state index in [9.17, 15) is 37.8 Å². The molecular weight excluding hydrogens is 658 g/mol. The van der Waals surface area contributed by atoms with E-state index in [0.29, 0.717) is 32.7 Å². The molecule has 0 aliphatic carbocycles. The fraction of sp³-hybridized carbons (Fsp3) is 0.667. The molecule has 1 heterocycles. The number of hydrogen-bond donors (Lipinski definition) is 5. The van der Waals surface area contributed by atoms with E-state index in [-0.39, 0.29) is 43.6 Å². The molecule has 1 aromatic carbocycles. The van der Waals surface area contributed by atoms with Gasteiger partial charge >= 0.3 is 0 Å². The summed E-state index contributed by atoms with van der Waals surface area (Å²) in [6, 6.07) is 6.34. The van der Waals surface area contributed by atoms with Gasteiger partial charge in [-0.1, -0.05) is 58.0 Å². The molecule has 276 valence electrons. The Morgan fingerprint density at radius 3 is 2.10 bits per heavy atom. The van der Waals surface area contributed by atoms with Crippen LogP contribution in [0, 0.1) is 11.8 Å². The fourth-order valence-corrected chi connectivity index (χ4v) is 5.58. The van der Waals surface area contributed by atoms with Crippen LogP contribution >= 0.6 is 0 Å². The molecule has 49 heavy (non-hydrogen) atoms. The third-order valence-electron chi connectivity index (χ3n) is 7.78. The van der Waals surface area contributed by atoms with Gasteiger partial charge in [-0.05, 0) is 50.0 Å². The zero-order valence-electron chi connectivity index (χ0n) is 29.0. The number of carbonyl (C=O) groups excluding carboxylic acids is 5. The summed E-state index contributed by atoms with van der Waals surface area (Å²) in [4.78, 5) is 67.7. The van der Waals surface area contributed by atoms with Crippen LogP contribution in [0.1, 0.15) is 59.4 Å². The molecule has 1 fully saturated rings. The van der Waals surface area contributed by atoms with Crippen molar-refractivity contribution in [3.63, 3.8) is 0 Å². The van der Waals surface area contributed by atoms with Gasteiger partial charge in [0, 0.05) is 13.1 Å². The van der Waals surface area contributed by atoms with E-state index in [1.54, 1.807) is 13.8 Å². The van der Waals surface area contributed by atoms with Crippen LogP contribution in [-0.4, -0.2) is 118 Å². The summed E-state index contributed by atoms with van der Waals surface area (Å²) in [6.45, 7) is 9.38. The molecule has 2 rings (SSSR count). The van der Waals surface area contributed by atoms with Crippen molar-refractivity contribution in [1.82, 2.24) is 26.2 Å². The molecule has 1 aromatic rings. The standard InChI is InChI=1S/C33H53N5O10S/c1-22(2)17-26(30(41)33(5,44)21-48-49(45)46)36-28(39)19-34-31(42)27(18-23(3)4)37-32(43)25(12-11-24-9-7-6-8-10-24)35-29(40)20-38-13-15-47-16-14-38/h6-10,22-23,25-27,44H,11-21H2,1-5H3,(H,34,42)(H,35,40)(H,36,39)(H,37,43)(H,45,46)/p-1/t25-,26-,27-,33+/m0/s1. The number of benzene rings is 1. The van der Waals surface area contributed by atoms with Gasteiger partial charge in [0.05, 0.1) is 50.3 Å². The molecule has 1 aliphatic rings. The quantitative estimate of drug-likeness (QED) is 0.105. The number of morpholine rings is 1. The molecule has 1 unspecified atom stereocenters. The second-order valence-corrected chi connectivity index (χ2v) is 13.9. The minimum absolute atomic E-state index is 0.0236. The summed E-state index contributed by atoms with van der Waals surface area (Å²) >= 11 is -2.96. The highest BCUT2D eigenvalue weighted by Crippen LogP contribution is 2.15. The van der Waals surface area contributed by atoms with Crippen molar-refractivity contribution < 1.29 is 46.8 Å². The molecule has 0 radical (unpaired) electrons. The van der Waals surface area contributed by atoms with Gasteiger partial charge in [-0.15, -0.1) is 0 Å². The molecule has 1 saturated heterocycles. The maximum Gasteiger partial charge on any atom is 0.243 e. The first-order valence-electron chi connectivity index (χ1n) is 16.6. The van der Waals surface area contributed by atoms with Crippen molar-refractivity contribution in [3.05, 3.63) is 35.9 Å². The number of aryl methyl sites for hydroxylation is 1. The number of carbonyl (C=O) groups is 5. The van der Waals surface area contributed by atoms with Crippen molar-refractivity contribution in [2.45, 2.75) is 84.0 Å². The van der Waals surface area contributed by atoms with E-state index in [0.717, 1.165) is 12.5 Å². The van der Waals surface area contributed by atoms with E-state index in [2.05, 4.69) is 25.5 Å². The van der Waals surface area contributed by atoms with Gasteiger partial charge < -0.3 is 35.7 Å². The highest BCUT2D eigenvalue weighted by atomic mass is 32.2. The Morgan fingerprint density at radius 1 is 0.918 bits per heavy atom. The second kappa shape index (κ2) is 21.1. The van der Waals surface area contributed by atoms with Gasteiger partial charge in [-0.25, -0.2) is 4.21 Å². The predicted octanol–water partition coefficient (Wildman–Crippen LogP) is -0.255. The average Bonchev–Trinajstić information content (AvgIpc) is 3.04. The number of amides is 4. The number of hydrogen-bond acceptors (Lipinski definition) is 11. The van der Waals surface area contributed by atoms with Gasteiger partial charge in [0.15, 0.2) is 5.78 Å². The third kappa shape index (κ3) is 16.3. The normalized spacial score (nSPS) is 17.3. The van der Waals surface area contributed by atoms with Crippen molar-refractivity contribution in [2.75, 3.05) is 46.0 Å². The zero-order valence-corrected chi connectivity index (χ0v) is 29.8. The van der Waals surface area contributed by atoms with Crippen molar-refractivity contribution in [1.29, 1.82) is 0 Å². The van der Waals surface area contributed by atoms with Crippen LogP contribution in [0.25, 0.3) is 0 Å². The molecule has 5 N–H and O–H groups in total. The first kappa shape index (κ1) is 41.9. The van der Waals surface area contributed by atoms with Crippen LogP contribution < -0.4 is 21.3 Å². The maximum absolute atomic E-state index is 13.6. The number of nitrogens with zero attached hydrogens (tertiary/aromatic N) is 1. The van der Waals surface area contributed by atoms with Gasteiger partial charge in [-0.3, -0.25) is 33.1 Å². The Kier molecular flexibility index (Phi) is 18.0. The molecule has 1 aliphatic heterocycles. The van der Waals surface area contributed by atoms with Crippen molar-refractivity contribution in [3.8, 4) is 0 Å². The molecule has 4 amide bonds. The zero-order chi connectivity index (χ0) is 36.6. The van der Waals surface area contributed by atoms with E-state index in [1.165, 1.54) is 0 Å². The minimum atomic E-state index is -2.96. The molecule has 0 bridgehead atoms. The second-order valence-electron chi connectivity index (χ2n) is 13.3. The number of rotatable bonds is 21. The van der Waals surface area contributed by atoms with Gasteiger partial charge in [0.2, 0.25) is 23.6 Å². The molecule has 16 heteroatoms. The lowest BCUT2D eigenvalue weighted by molar-refractivity contribution is -0.143. The SMILES string of the molecule is CC(C)C[C@H](NC(=O)[C@H](CCc1ccccc1)NC(=O)CN1CCOCC1)C(=O)NCC(=O)N[C@@H](CC(C)C)C(=O)[C@](C)(O)COS(=O)[O-]. The summed E-state index contributed by atoms with van der Waals surface area (Å²) in [5.41, 5.74) is -1.23. The number of aliphatic hydroxyl groups is 1. The third-order valence-corrected chi connectivity index (χ3v) is 8.09. The summed E-state index contributed by atoms with van der Waals surface area (Å²) < 4.78 is 31.3. The Morgan fingerprint density at radius 2 is 1.51 bits per heavy atom. The average molecular weight is 711 g/mol. The number of nitrogens with one attached hydrogen (secondary N) is 4. The Bertz CT molecular complexity index is 1260. The summed E-state index contributed by atoms with van der Waals surface area (Å²) in [6.07, 6.45) is 1.16.